The lowest BCUT2D eigenvalue weighted by Gasteiger charge is -2.11. The van der Waals surface area contributed by atoms with Crippen molar-refractivity contribution in [1.29, 1.82) is 0 Å². The summed E-state index contributed by atoms with van der Waals surface area (Å²) in [6.45, 7) is 0. The van der Waals surface area contributed by atoms with Crippen LogP contribution in [0.2, 0.25) is 5.02 Å². The van der Waals surface area contributed by atoms with Gasteiger partial charge in [0.15, 0.2) is 11.6 Å². The van der Waals surface area contributed by atoms with Crippen LogP contribution in [0.3, 0.4) is 0 Å². The van der Waals surface area contributed by atoms with E-state index >= 15 is 0 Å². The van der Waals surface area contributed by atoms with E-state index in [1.54, 1.807) is 42.2 Å². The quantitative estimate of drug-likeness (QED) is 0.372. The van der Waals surface area contributed by atoms with Crippen LogP contribution in [0, 0.1) is 17.5 Å². The minimum atomic E-state index is -1.28. The summed E-state index contributed by atoms with van der Waals surface area (Å²) < 4.78 is 45.3. The minimum Gasteiger partial charge on any atom is -0.383 e. The Kier molecular flexibility index (Phi) is 5.13. The zero-order chi connectivity index (χ0) is 24.1. The van der Waals surface area contributed by atoms with Crippen molar-refractivity contribution >= 4 is 34.1 Å². The third kappa shape index (κ3) is 3.50. The topological polar surface area (TPSA) is 113 Å². The molecule has 0 aliphatic rings. The zero-order valence-electron chi connectivity index (χ0n) is 17.6. The molecule has 0 saturated carbocycles. The van der Waals surface area contributed by atoms with Gasteiger partial charge in [0.05, 0.1) is 22.5 Å². The summed E-state index contributed by atoms with van der Waals surface area (Å²) in [7, 11) is 1.73. The van der Waals surface area contributed by atoms with Gasteiger partial charge in [0.25, 0.3) is 5.95 Å². The molecule has 0 atom stereocenters. The Hall–Kier alpha value is -4.12. The number of hydrogen-bond acceptors (Lipinski definition) is 6. The van der Waals surface area contributed by atoms with Gasteiger partial charge < -0.3 is 11.5 Å². The van der Waals surface area contributed by atoms with E-state index in [2.05, 4.69) is 20.2 Å². The van der Waals surface area contributed by atoms with Crippen LogP contribution in [-0.2, 0) is 13.5 Å². The van der Waals surface area contributed by atoms with Crippen molar-refractivity contribution < 1.29 is 13.2 Å². The van der Waals surface area contributed by atoms with Gasteiger partial charge in [-0.05, 0) is 36.4 Å². The molecule has 5 rings (SSSR count). The molecule has 12 heteroatoms. The number of aromatic nitrogens is 6. The number of benzene rings is 2. The Bertz CT molecular complexity index is 1550. The molecule has 3 heterocycles. The number of halogens is 4. The van der Waals surface area contributed by atoms with E-state index in [1.807, 2.05) is 0 Å². The van der Waals surface area contributed by atoms with E-state index in [0.717, 1.165) is 12.1 Å². The molecule has 2 aromatic carbocycles. The molecule has 0 saturated heterocycles. The van der Waals surface area contributed by atoms with Crippen LogP contribution in [-0.4, -0.2) is 29.5 Å². The highest BCUT2D eigenvalue weighted by atomic mass is 35.5. The zero-order valence-corrected chi connectivity index (χ0v) is 18.4. The summed E-state index contributed by atoms with van der Waals surface area (Å²) in [6, 6.07) is 8.16. The van der Waals surface area contributed by atoms with Gasteiger partial charge in [-0.2, -0.15) is 24.8 Å². The second-order valence-corrected chi connectivity index (χ2v) is 7.96. The monoisotopic (exact) mass is 484 g/mol. The summed E-state index contributed by atoms with van der Waals surface area (Å²) >= 11 is 6.16. The van der Waals surface area contributed by atoms with Gasteiger partial charge in [0.2, 0.25) is 0 Å². The van der Waals surface area contributed by atoms with Crippen LogP contribution in [0.15, 0.2) is 42.6 Å². The number of aryl methyl sites for hydroxylation is 1. The van der Waals surface area contributed by atoms with Crippen LogP contribution in [0.5, 0.6) is 0 Å². The molecule has 0 fully saturated rings. The third-order valence-electron chi connectivity index (χ3n) is 5.42. The van der Waals surface area contributed by atoms with E-state index in [1.165, 1.54) is 4.68 Å². The number of anilines is 2. The second-order valence-electron chi connectivity index (χ2n) is 7.53. The molecule has 4 N–H and O–H groups in total. The first-order valence-electron chi connectivity index (χ1n) is 9.96. The SMILES string of the molecule is Cn1nccc1-c1c(N)nc(-n2nc(Cc3c(F)ccc(F)c3F)c3cc(Cl)ccc32)nc1N. The van der Waals surface area contributed by atoms with E-state index in [9.17, 15) is 13.2 Å². The molecule has 172 valence electrons. The maximum absolute atomic E-state index is 14.3. The van der Waals surface area contributed by atoms with Crippen molar-refractivity contribution in [3.05, 3.63) is 76.3 Å². The highest BCUT2D eigenvalue weighted by Gasteiger charge is 2.22. The van der Waals surface area contributed by atoms with E-state index in [0.29, 0.717) is 27.2 Å². The predicted molar refractivity (Wildman–Crippen MR) is 122 cm³/mol. The normalized spacial score (nSPS) is 11.4. The number of rotatable bonds is 4. The third-order valence-corrected chi connectivity index (χ3v) is 5.66. The van der Waals surface area contributed by atoms with Gasteiger partial charge >= 0.3 is 0 Å². The van der Waals surface area contributed by atoms with Crippen molar-refractivity contribution in [2.75, 3.05) is 11.5 Å². The van der Waals surface area contributed by atoms with Gasteiger partial charge in [-0.15, -0.1) is 0 Å². The van der Waals surface area contributed by atoms with Crippen LogP contribution in [0.1, 0.15) is 11.3 Å². The lowest BCUT2D eigenvalue weighted by atomic mass is 10.1. The average Bonchev–Trinajstić information content (AvgIpc) is 3.37. The van der Waals surface area contributed by atoms with Crippen LogP contribution >= 0.6 is 11.6 Å². The Morgan fingerprint density at radius 1 is 0.971 bits per heavy atom. The lowest BCUT2D eigenvalue weighted by Crippen LogP contribution is -2.11. The number of nitrogens with zero attached hydrogens (tertiary/aromatic N) is 6. The fourth-order valence-electron chi connectivity index (χ4n) is 3.79. The van der Waals surface area contributed by atoms with Crippen LogP contribution < -0.4 is 11.5 Å². The van der Waals surface area contributed by atoms with Gasteiger partial charge in [0, 0.05) is 35.6 Å². The smallest absolute Gasteiger partial charge is 0.255 e. The highest BCUT2D eigenvalue weighted by Crippen LogP contribution is 2.32. The Morgan fingerprint density at radius 3 is 2.35 bits per heavy atom. The summed E-state index contributed by atoms with van der Waals surface area (Å²) in [5.74, 6) is -3.11. The van der Waals surface area contributed by atoms with Crippen molar-refractivity contribution in [3.8, 4) is 17.2 Å². The Labute approximate surface area is 195 Å². The summed E-state index contributed by atoms with van der Waals surface area (Å²) in [5, 5.41) is 9.40. The molecule has 0 amide bonds. The molecule has 0 bridgehead atoms. The Morgan fingerprint density at radius 2 is 1.68 bits per heavy atom. The van der Waals surface area contributed by atoms with Crippen molar-refractivity contribution in [2.45, 2.75) is 6.42 Å². The van der Waals surface area contributed by atoms with Gasteiger partial charge in [-0.3, -0.25) is 4.68 Å². The molecular weight excluding hydrogens is 469 g/mol. The van der Waals surface area contributed by atoms with Gasteiger partial charge in [-0.25, -0.2) is 13.2 Å². The standard InChI is InChI=1S/C22H16ClF3N8/c1-33-17(6-7-29-33)18-20(27)30-22(31-21(18)28)34-16-5-2-10(23)8-12(16)15(32-34)9-11-13(24)3-4-14(25)19(11)26/h2-8H,9H2,1H3,(H4,27,28,30,31). The fourth-order valence-corrected chi connectivity index (χ4v) is 3.97. The minimum absolute atomic E-state index is 0.0414. The Balaban J connectivity index is 1.68. The second kappa shape index (κ2) is 8.03. The lowest BCUT2D eigenvalue weighted by molar-refractivity contribution is 0.482. The first-order valence-corrected chi connectivity index (χ1v) is 10.3. The average molecular weight is 485 g/mol. The summed E-state index contributed by atoms with van der Waals surface area (Å²) in [5.41, 5.74) is 13.7. The number of nitrogens with two attached hydrogens (primary N) is 2. The van der Waals surface area contributed by atoms with Crippen molar-refractivity contribution in [3.63, 3.8) is 0 Å². The molecule has 34 heavy (non-hydrogen) atoms. The maximum Gasteiger partial charge on any atom is 0.255 e. The molecule has 0 aliphatic carbocycles. The highest BCUT2D eigenvalue weighted by molar-refractivity contribution is 6.31. The summed E-state index contributed by atoms with van der Waals surface area (Å²) in [6.07, 6.45) is 1.25. The first-order chi connectivity index (χ1) is 16.2. The number of hydrogen-bond donors (Lipinski definition) is 2. The number of fused-ring (bicyclic) bond motifs is 1. The fraction of sp³-hybridized carbons (Fsp3) is 0.0909. The molecule has 5 aromatic rings. The first kappa shape index (κ1) is 21.7. The van der Waals surface area contributed by atoms with E-state index in [4.69, 9.17) is 23.1 Å². The summed E-state index contributed by atoms with van der Waals surface area (Å²) in [4.78, 5) is 8.70. The van der Waals surface area contributed by atoms with Crippen LogP contribution in [0.25, 0.3) is 28.1 Å². The van der Waals surface area contributed by atoms with E-state index < -0.39 is 23.0 Å². The maximum atomic E-state index is 14.3. The van der Waals surface area contributed by atoms with Crippen LogP contribution in [0.4, 0.5) is 24.8 Å². The molecule has 0 radical (unpaired) electrons. The molecule has 0 aliphatic heterocycles. The number of nitrogen functional groups attached to an aromatic ring is 2. The van der Waals surface area contributed by atoms with Crippen molar-refractivity contribution in [2.24, 2.45) is 7.05 Å². The molecule has 3 aromatic heterocycles. The molecule has 0 unspecified atom stereocenters. The van der Waals surface area contributed by atoms with Crippen molar-refractivity contribution in [1.82, 2.24) is 29.5 Å². The molecule has 8 nitrogen and oxygen atoms in total. The largest absolute Gasteiger partial charge is 0.383 e. The molecular formula is C22H16ClF3N8. The predicted octanol–water partition coefficient (Wildman–Crippen LogP) is 4.04. The van der Waals surface area contributed by atoms with Gasteiger partial charge in [0.1, 0.15) is 17.5 Å². The van der Waals surface area contributed by atoms with E-state index in [-0.39, 0.29) is 29.7 Å². The molecule has 0 spiro atoms. The van der Waals surface area contributed by atoms with Gasteiger partial charge in [-0.1, -0.05) is 11.6 Å².